The smallest absolute Gasteiger partial charge is 0.250 e. The van der Waals surface area contributed by atoms with Crippen molar-refractivity contribution in [3.8, 4) is 0 Å². The van der Waals surface area contributed by atoms with E-state index in [1.165, 1.54) is 10.6 Å². The van der Waals surface area contributed by atoms with Crippen molar-refractivity contribution in [2.75, 3.05) is 5.32 Å². The fraction of sp³-hybridized carbons (Fsp3) is 0.500. The summed E-state index contributed by atoms with van der Waals surface area (Å²) in [7, 11) is 0. The van der Waals surface area contributed by atoms with Crippen LogP contribution in [0.1, 0.15) is 20.8 Å². The zero-order chi connectivity index (χ0) is 13.0. The molecule has 0 aromatic carbocycles. The van der Waals surface area contributed by atoms with Gasteiger partial charge in [-0.3, -0.25) is 9.59 Å². The van der Waals surface area contributed by atoms with E-state index in [0.29, 0.717) is 12.2 Å². The number of rotatable bonds is 4. The molecule has 5 nitrogen and oxygen atoms in total. The highest BCUT2D eigenvalue weighted by atomic mass is 16.2. The van der Waals surface area contributed by atoms with Crippen LogP contribution in [0.5, 0.6) is 0 Å². The first kappa shape index (κ1) is 13.4. The summed E-state index contributed by atoms with van der Waals surface area (Å²) in [6, 6.07) is 2.47. The summed E-state index contributed by atoms with van der Waals surface area (Å²) >= 11 is 0. The molecular weight excluding hydrogens is 218 g/mol. The molecule has 0 fully saturated rings. The van der Waals surface area contributed by atoms with Crippen LogP contribution in [0, 0.1) is 5.92 Å². The second-order valence-corrected chi connectivity index (χ2v) is 4.30. The lowest BCUT2D eigenvalue weighted by Crippen LogP contribution is -2.40. The number of carbonyl (C=O) groups is 1. The van der Waals surface area contributed by atoms with Crippen molar-refractivity contribution in [3.63, 3.8) is 0 Å². The molecule has 1 unspecified atom stereocenters. The van der Waals surface area contributed by atoms with Crippen LogP contribution in [0.15, 0.2) is 23.1 Å². The quantitative estimate of drug-likeness (QED) is 0.812. The van der Waals surface area contributed by atoms with Gasteiger partial charge in [0, 0.05) is 18.8 Å². The van der Waals surface area contributed by atoms with E-state index in [2.05, 4.69) is 5.32 Å². The lowest BCUT2D eigenvalue weighted by Gasteiger charge is -2.15. The van der Waals surface area contributed by atoms with Gasteiger partial charge in [-0.15, -0.1) is 0 Å². The van der Waals surface area contributed by atoms with Crippen molar-refractivity contribution in [2.24, 2.45) is 11.7 Å². The minimum Gasteiger partial charge on any atom is -0.323 e. The number of pyridine rings is 1. The molecule has 1 rings (SSSR count). The van der Waals surface area contributed by atoms with Gasteiger partial charge in [0.25, 0.3) is 5.56 Å². The molecule has 5 heteroatoms. The molecule has 94 valence electrons. The van der Waals surface area contributed by atoms with Crippen LogP contribution in [-0.2, 0) is 11.3 Å². The Morgan fingerprint density at radius 3 is 2.65 bits per heavy atom. The average molecular weight is 237 g/mol. The molecule has 1 aromatic heterocycles. The lowest BCUT2D eigenvalue weighted by molar-refractivity contribution is -0.118. The van der Waals surface area contributed by atoms with Crippen molar-refractivity contribution in [1.82, 2.24) is 4.57 Å². The molecule has 1 heterocycles. The van der Waals surface area contributed by atoms with Crippen LogP contribution < -0.4 is 16.6 Å². The van der Waals surface area contributed by atoms with Crippen LogP contribution in [0.4, 0.5) is 5.69 Å². The van der Waals surface area contributed by atoms with E-state index in [9.17, 15) is 9.59 Å². The predicted molar refractivity (Wildman–Crippen MR) is 67.8 cm³/mol. The molecule has 1 atom stereocenters. The molecule has 3 N–H and O–H groups in total. The van der Waals surface area contributed by atoms with Crippen LogP contribution in [-0.4, -0.2) is 16.5 Å². The topological polar surface area (TPSA) is 77.1 Å². The van der Waals surface area contributed by atoms with Gasteiger partial charge in [0.2, 0.25) is 5.91 Å². The highest BCUT2D eigenvalue weighted by molar-refractivity contribution is 5.94. The van der Waals surface area contributed by atoms with Crippen molar-refractivity contribution < 1.29 is 4.79 Å². The number of aryl methyl sites for hydroxylation is 1. The van der Waals surface area contributed by atoms with Gasteiger partial charge in [-0.2, -0.15) is 0 Å². The van der Waals surface area contributed by atoms with E-state index >= 15 is 0 Å². The van der Waals surface area contributed by atoms with Crippen molar-refractivity contribution >= 4 is 11.6 Å². The van der Waals surface area contributed by atoms with Gasteiger partial charge in [0.15, 0.2) is 0 Å². The van der Waals surface area contributed by atoms with Crippen molar-refractivity contribution in [3.05, 3.63) is 28.7 Å². The molecule has 0 saturated carbocycles. The van der Waals surface area contributed by atoms with E-state index in [1.54, 1.807) is 12.3 Å². The molecule has 0 aliphatic carbocycles. The molecule has 0 aliphatic rings. The third-order valence-corrected chi connectivity index (χ3v) is 2.61. The first-order valence-electron chi connectivity index (χ1n) is 5.72. The SMILES string of the molecule is CCn1cc(NC(=O)C(N)C(C)C)ccc1=O. The van der Waals surface area contributed by atoms with E-state index in [1.807, 2.05) is 20.8 Å². The first-order chi connectivity index (χ1) is 7.95. The maximum Gasteiger partial charge on any atom is 0.250 e. The van der Waals surface area contributed by atoms with E-state index < -0.39 is 6.04 Å². The number of nitrogens with zero attached hydrogens (tertiary/aromatic N) is 1. The number of anilines is 1. The molecular formula is C12H19N3O2. The minimum absolute atomic E-state index is 0.0760. The van der Waals surface area contributed by atoms with Gasteiger partial charge < -0.3 is 15.6 Å². The van der Waals surface area contributed by atoms with Gasteiger partial charge in [-0.1, -0.05) is 13.8 Å². The van der Waals surface area contributed by atoms with Crippen LogP contribution in [0.2, 0.25) is 0 Å². The molecule has 0 saturated heterocycles. The average Bonchev–Trinajstić information content (AvgIpc) is 2.30. The lowest BCUT2D eigenvalue weighted by atomic mass is 10.1. The fourth-order valence-electron chi connectivity index (χ4n) is 1.38. The highest BCUT2D eigenvalue weighted by Gasteiger charge is 2.17. The zero-order valence-corrected chi connectivity index (χ0v) is 10.4. The predicted octanol–water partition coefficient (Wildman–Crippen LogP) is 0.790. The molecule has 0 aliphatic heterocycles. The monoisotopic (exact) mass is 237 g/mol. The summed E-state index contributed by atoms with van der Waals surface area (Å²) in [5, 5.41) is 2.70. The zero-order valence-electron chi connectivity index (χ0n) is 10.4. The van der Waals surface area contributed by atoms with Crippen LogP contribution >= 0.6 is 0 Å². The first-order valence-corrected chi connectivity index (χ1v) is 5.72. The number of hydrogen-bond donors (Lipinski definition) is 2. The molecule has 17 heavy (non-hydrogen) atoms. The highest BCUT2D eigenvalue weighted by Crippen LogP contribution is 2.06. The Labute approximate surface area is 101 Å². The Hall–Kier alpha value is -1.62. The Kier molecular flexibility index (Phi) is 4.45. The number of hydrogen-bond acceptors (Lipinski definition) is 3. The number of aromatic nitrogens is 1. The molecule has 1 aromatic rings. The van der Waals surface area contributed by atoms with Crippen LogP contribution in [0.25, 0.3) is 0 Å². The van der Waals surface area contributed by atoms with Gasteiger partial charge >= 0.3 is 0 Å². The summed E-state index contributed by atoms with van der Waals surface area (Å²) in [5.41, 5.74) is 6.23. The Balaban J connectivity index is 2.82. The van der Waals surface area contributed by atoms with Crippen molar-refractivity contribution in [1.29, 1.82) is 0 Å². The summed E-state index contributed by atoms with van der Waals surface area (Å²) in [4.78, 5) is 23.1. The molecule has 0 radical (unpaired) electrons. The fourth-order valence-corrected chi connectivity index (χ4v) is 1.38. The van der Waals surface area contributed by atoms with Crippen LogP contribution in [0.3, 0.4) is 0 Å². The maximum absolute atomic E-state index is 11.7. The third kappa shape index (κ3) is 3.42. The summed E-state index contributed by atoms with van der Waals surface area (Å²) in [6.45, 7) is 6.21. The minimum atomic E-state index is -0.544. The maximum atomic E-state index is 11.7. The number of amides is 1. The van der Waals surface area contributed by atoms with E-state index in [-0.39, 0.29) is 17.4 Å². The molecule has 0 bridgehead atoms. The number of nitrogens with two attached hydrogens (primary N) is 1. The standard InChI is InChI=1S/C12H19N3O2/c1-4-15-7-9(5-6-10(15)16)14-12(17)11(13)8(2)3/h5-8,11H,4,13H2,1-3H3,(H,14,17). The number of nitrogens with one attached hydrogen (secondary N) is 1. The Bertz CT molecular complexity index is 451. The largest absolute Gasteiger partial charge is 0.323 e. The normalized spacial score (nSPS) is 12.5. The van der Waals surface area contributed by atoms with E-state index in [0.717, 1.165) is 0 Å². The summed E-state index contributed by atoms with van der Waals surface area (Å²) < 4.78 is 1.52. The van der Waals surface area contributed by atoms with Crippen molar-refractivity contribution in [2.45, 2.75) is 33.4 Å². The van der Waals surface area contributed by atoms with Gasteiger partial charge in [-0.25, -0.2) is 0 Å². The second-order valence-electron chi connectivity index (χ2n) is 4.30. The van der Waals surface area contributed by atoms with Gasteiger partial charge in [0.1, 0.15) is 0 Å². The Morgan fingerprint density at radius 1 is 1.47 bits per heavy atom. The molecule has 0 spiro atoms. The van der Waals surface area contributed by atoms with Gasteiger partial charge in [-0.05, 0) is 18.9 Å². The summed E-state index contributed by atoms with van der Waals surface area (Å²) in [6.07, 6.45) is 1.62. The van der Waals surface area contributed by atoms with Gasteiger partial charge in [0.05, 0.1) is 11.7 Å². The molecule has 1 amide bonds. The third-order valence-electron chi connectivity index (χ3n) is 2.61. The number of carbonyl (C=O) groups excluding carboxylic acids is 1. The summed E-state index contributed by atoms with van der Waals surface area (Å²) in [5.74, 6) is -0.159. The van der Waals surface area contributed by atoms with E-state index in [4.69, 9.17) is 5.73 Å². The second kappa shape index (κ2) is 5.63. The Morgan fingerprint density at radius 2 is 2.12 bits per heavy atom.